The molecule has 5 nitrogen and oxygen atoms in total. The van der Waals surface area contributed by atoms with Crippen molar-refractivity contribution >= 4 is 43.4 Å². The van der Waals surface area contributed by atoms with E-state index in [1.807, 2.05) is 0 Å². The van der Waals surface area contributed by atoms with Gasteiger partial charge >= 0.3 is 0 Å². The number of carbonyl (C=O) groups is 2. The number of aromatic hydroxyl groups is 1. The van der Waals surface area contributed by atoms with Crippen molar-refractivity contribution in [1.82, 2.24) is 0 Å². The molecule has 1 atom stereocenters. The van der Waals surface area contributed by atoms with Crippen LogP contribution in [-0.2, 0) is 4.74 Å². The second kappa shape index (κ2) is 9.58. The van der Waals surface area contributed by atoms with E-state index in [1.54, 1.807) is 6.07 Å². The molecule has 0 aromatic heterocycles. The summed E-state index contributed by atoms with van der Waals surface area (Å²) in [5, 5.41) is 9.08. The molecule has 2 aromatic rings. The average molecular weight is 522 g/mol. The van der Waals surface area contributed by atoms with Gasteiger partial charge in [0.25, 0.3) is 0 Å². The molecule has 1 heterocycles. The van der Waals surface area contributed by atoms with Gasteiger partial charge in [-0.1, -0.05) is 31.9 Å². The van der Waals surface area contributed by atoms with Crippen molar-refractivity contribution in [3.05, 3.63) is 56.0 Å². The van der Waals surface area contributed by atoms with E-state index in [2.05, 4.69) is 31.9 Å². The minimum Gasteiger partial charge on any atom is -0.504 e. The molecule has 1 aliphatic heterocycles. The molecule has 3 rings (SSSR count). The molecule has 0 radical (unpaired) electrons. The molecule has 0 aliphatic carbocycles. The average Bonchev–Trinajstić information content (AvgIpc) is 3.41. The van der Waals surface area contributed by atoms with Gasteiger partial charge < -0.3 is 14.6 Å². The van der Waals surface area contributed by atoms with Gasteiger partial charge in [-0.05, 0) is 38.1 Å². The second-order valence-corrected chi connectivity index (χ2v) is 7.76. The third kappa shape index (κ3) is 6.08. The van der Waals surface area contributed by atoms with E-state index in [1.165, 1.54) is 26.0 Å². The molecule has 0 spiro atoms. The topological polar surface area (TPSA) is 76.1 Å². The predicted molar refractivity (Wildman–Crippen MR) is 105 cm³/mol. The van der Waals surface area contributed by atoms with Crippen molar-refractivity contribution in [2.75, 3.05) is 13.2 Å². The molecule has 1 aliphatic rings. The van der Waals surface area contributed by atoms with Crippen LogP contribution in [-0.4, -0.2) is 36.0 Å². The summed E-state index contributed by atoms with van der Waals surface area (Å²) in [6, 6.07) is 5.30. The van der Waals surface area contributed by atoms with E-state index in [0.717, 1.165) is 6.07 Å². The fourth-order valence-corrected chi connectivity index (χ4v) is 3.00. The van der Waals surface area contributed by atoms with Crippen LogP contribution in [0.3, 0.4) is 0 Å². The summed E-state index contributed by atoms with van der Waals surface area (Å²) < 4.78 is 37.5. The van der Waals surface area contributed by atoms with E-state index in [9.17, 15) is 18.4 Å². The van der Waals surface area contributed by atoms with Gasteiger partial charge in [0, 0.05) is 8.95 Å². The Balaban J connectivity index is 0.000000209. The second-order valence-electron chi connectivity index (χ2n) is 5.93. The van der Waals surface area contributed by atoms with E-state index in [0.29, 0.717) is 15.6 Å². The third-order valence-corrected chi connectivity index (χ3v) is 4.53. The van der Waals surface area contributed by atoms with Crippen LogP contribution in [0.2, 0.25) is 0 Å². The van der Waals surface area contributed by atoms with Crippen LogP contribution in [0.4, 0.5) is 8.78 Å². The SMILES string of the molecule is CC(=O)c1cc(Br)cc(F)c1O.CC(=O)c1cc(Br)cc(F)c1OCC1CO1. The van der Waals surface area contributed by atoms with Crippen molar-refractivity contribution in [1.29, 1.82) is 0 Å². The molecule has 2 aromatic carbocycles. The Labute approximate surface area is 176 Å². The highest BCUT2D eigenvalue weighted by atomic mass is 79.9. The number of ketones is 2. The van der Waals surface area contributed by atoms with Crippen LogP contribution >= 0.6 is 31.9 Å². The minimum atomic E-state index is -0.797. The monoisotopic (exact) mass is 520 g/mol. The highest BCUT2D eigenvalue weighted by Crippen LogP contribution is 2.29. The lowest BCUT2D eigenvalue weighted by Crippen LogP contribution is -2.09. The van der Waals surface area contributed by atoms with Crippen LogP contribution in [0, 0.1) is 11.6 Å². The van der Waals surface area contributed by atoms with E-state index >= 15 is 0 Å². The van der Waals surface area contributed by atoms with Crippen molar-refractivity contribution < 1.29 is 33.0 Å². The summed E-state index contributed by atoms with van der Waals surface area (Å²) in [6.45, 7) is 3.55. The lowest BCUT2D eigenvalue weighted by molar-refractivity contribution is 0.1000. The van der Waals surface area contributed by atoms with Crippen LogP contribution in [0.1, 0.15) is 34.6 Å². The quantitative estimate of drug-likeness (QED) is 0.439. The Kier molecular flexibility index (Phi) is 7.68. The summed E-state index contributed by atoms with van der Waals surface area (Å²) in [5.41, 5.74) is 0.231. The number of halogens is 4. The Morgan fingerprint density at radius 2 is 1.57 bits per heavy atom. The first kappa shape index (κ1) is 22.4. The maximum absolute atomic E-state index is 13.6. The number of epoxide rings is 1. The van der Waals surface area contributed by atoms with Gasteiger partial charge in [0.1, 0.15) is 12.7 Å². The molecule has 150 valence electrons. The van der Waals surface area contributed by atoms with Crippen LogP contribution in [0.5, 0.6) is 11.5 Å². The molecule has 1 unspecified atom stereocenters. The molecule has 28 heavy (non-hydrogen) atoms. The van der Waals surface area contributed by atoms with Gasteiger partial charge in [-0.15, -0.1) is 0 Å². The summed E-state index contributed by atoms with van der Waals surface area (Å²) >= 11 is 6.15. The number of phenols is 1. The first-order chi connectivity index (χ1) is 13.1. The number of Topliss-reactive ketones (excluding diaryl/α,β-unsaturated/α-hetero) is 2. The molecule has 0 bridgehead atoms. The number of rotatable bonds is 5. The van der Waals surface area contributed by atoms with Crippen molar-refractivity contribution in [3.63, 3.8) is 0 Å². The molecule has 1 saturated heterocycles. The Morgan fingerprint density at radius 3 is 2.07 bits per heavy atom. The van der Waals surface area contributed by atoms with E-state index < -0.39 is 17.4 Å². The van der Waals surface area contributed by atoms with Crippen molar-refractivity contribution in [3.8, 4) is 11.5 Å². The summed E-state index contributed by atoms with van der Waals surface area (Å²) in [4.78, 5) is 22.2. The first-order valence-corrected chi connectivity index (χ1v) is 9.62. The Bertz CT molecular complexity index is 914. The molecular formula is C19H16Br2F2O5. The number of carbonyl (C=O) groups excluding carboxylic acids is 2. The standard InChI is InChI=1S/C11H10BrFO3.C8H6BrFO2/c1-6(14)9-2-7(12)3-10(13)11(9)16-5-8-4-15-8;1-4(11)6-2-5(9)3-7(10)8(6)12/h2-3,8H,4-5H2,1H3;2-3,12H,1H3. The number of hydrogen-bond donors (Lipinski definition) is 1. The zero-order valence-electron chi connectivity index (χ0n) is 14.9. The highest BCUT2D eigenvalue weighted by molar-refractivity contribution is 9.10. The number of benzene rings is 2. The van der Waals surface area contributed by atoms with Gasteiger partial charge in [-0.25, -0.2) is 8.78 Å². The van der Waals surface area contributed by atoms with Gasteiger partial charge in [-0.3, -0.25) is 9.59 Å². The molecule has 1 fully saturated rings. The van der Waals surface area contributed by atoms with Gasteiger partial charge in [-0.2, -0.15) is 0 Å². The van der Waals surface area contributed by atoms with Crippen LogP contribution < -0.4 is 4.74 Å². The minimum absolute atomic E-state index is 0.00574. The van der Waals surface area contributed by atoms with Crippen LogP contribution in [0.25, 0.3) is 0 Å². The molecule has 0 amide bonds. The van der Waals surface area contributed by atoms with E-state index in [4.69, 9.17) is 14.6 Å². The lowest BCUT2D eigenvalue weighted by atomic mass is 10.1. The fourth-order valence-electron chi connectivity index (χ4n) is 2.14. The normalized spacial score (nSPS) is 14.7. The largest absolute Gasteiger partial charge is 0.504 e. The zero-order chi connectivity index (χ0) is 21.0. The summed E-state index contributed by atoms with van der Waals surface area (Å²) in [7, 11) is 0. The number of phenolic OH excluding ortho intramolecular Hbond substituents is 1. The third-order valence-electron chi connectivity index (χ3n) is 3.61. The highest BCUT2D eigenvalue weighted by Gasteiger charge is 2.25. The maximum atomic E-state index is 13.6. The Hall–Kier alpha value is -1.84. The fraction of sp³-hybridized carbons (Fsp3) is 0.263. The smallest absolute Gasteiger partial charge is 0.166 e. The molecule has 9 heteroatoms. The first-order valence-electron chi connectivity index (χ1n) is 8.03. The number of ether oxygens (including phenoxy) is 2. The van der Waals surface area contributed by atoms with E-state index in [-0.39, 0.29) is 41.2 Å². The predicted octanol–water partition coefficient (Wildman–Crippen LogP) is 5.06. The van der Waals surface area contributed by atoms with Crippen LogP contribution in [0.15, 0.2) is 33.2 Å². The summed E-state index contributed by atoms with van der Waals surface area (Å²) in [5.74, 6) is -2.52. The lowest BCUT2D eigenvalue weighted by Gasteiger charge is -2.10. The van der Waals surface area contributed by atoms with Gasteiger partial charge in [0.05, 0.1) is 17.7 Å². The number of hydrogen-bond acceptors (Lipinski definition) is 5. The van der Waals surface area contributed by atoms with Crippen molar-refractivity contribution in [2.45, 2.75) is 20.0 Å². The Morgan fingerprint density at radius 1 is 1.07 bits per heavy atom. The molecular weight excluding hydrogens is 506 g/mol. The zero-order valence-corrected chi connectivity index (χ0v) is 18.1. The maximum Gasteiger partial charge on any atom is 0.166 e. The summed E-state index contributed by atoms with van der Waals surface area (Å²) in [6.07, 6.45) is 0.0304. The van der Waals surface area contributed by atoms with Gasteiger partial charge in [0.2, 0.25) is 0 Å². The van der Waals surface area contributed by atoms with Gasteiger partial charge in [0.15, 0.2) is 34.7 Å². The van der Waals surface area contributed by atoms with Crippen molar-refractivity contribution in [2.24, 2.45) is 0 Å². The molecule has 1 N–H and O–H groups in total. The molecule has 0 saturated carbocycles.